The zero-order valence-electron chi connectivity index (χ0n) is 15.9. The number of hydrogen-bond acceptors (Lipinski definition) is 2. The maximum atomic E-state index is 5.94. The van der Waals surface area contributed by atoms with Crippen LogP contribution in [0.1, 0.15) is 16.7 Å². The van der Waals surface area contributed by atoms with E-state index < -0.39 is 0 Å². The Labute approximate surface area is 162 Å². The molecule has 0 saturated carbocycles. The first-order valence-electron chi connectivity index (χ1n) is 9.54. The molecule has 0 bridgehead atoms. The van der Waals surface area contributed by atoms with Crippen molar-refractivity contribution in [2.24, 2.45) is 0 Å². The lowest BCUT2D eigenvalue weighted by Gasteiger charge is -2.12. The summed E-state index contributed by atoms with van der Waals surface area (Å²) < 4.78 is 11.5. The molecule has 0 spiro atoms. The second-order valence-corrected chi connectivity index (χ2v) is 6.59. The van der Waals surface area contributed by atoms with Crippen LogP contribution in [0.25, 0.3) is 0 Å². The van der Waals surface area contributed by atoms with Crippen LogP contribution in [0.15, 0.2) is 78.9 Å². The van der Waals surface area contributed by atoms with E-state index in [-0.39, 0.29) is 0 Å². The maximum absolute atomic E-state index is 5.94. The first kappa shape index (κ1) is 19.0. The van der Waals surface area contributed by atoms with Crippen molar-refractivity contribution in [3.05, 3.63) is 95.6 Å². The molecule has 0 unspecified atom stereocenters. The Morgan fingerprint density at radius 1 is 0.704 bits per heavy atom. The van der Waals surface area contributed by atoms with Crippen molar-refractivity contribution in [1.29, 1.82) is 0 Å². The van der Waals surface area contributed by atoms with Crippen LogP contribution < -0.4 is 14.8 Å². The summed E-state index contributed by atoms with van der Waals surface area (Å²) in [6.45, 7) is 2.65. The Hall–Kier alpha value is -2.78. The van der Waals surface area contributed by atoms with Gasteiger partial charge in [-0.25, -0.2) is 0 Å². The van der Waals surface area contributed by atoms with Gasteiger partial charge in [0.2, 0.25) is 0 Å². The van der Waals surface area contributed by atoms with Crippen LogP contribution in [0.3, 0.4) is 0 Å². The highest BCUT2D eigenvalue weighted by Gasteiger charge is 2.07. The Morgan fingerprint density at radius 2 is 1.37 bits per heavy atom. The van der Waals surface area contributed by atoms with E-state index in [0.29, 0.717) is 6.61 Å². The fourth-order valence-corrected chi connectivity index (χ4v) is 3.06. The monoisotopic (exact) mass is 362 g/mol. The molecule has 2 N–H and O–H groups in total. The van der Waals surface area contributed by atoms with Gasteiger partial charge >= 0.3 is 0 Å². The van der Waals surface area contributed by atoms with Gasteiger partial charge in [0.05, 0.1) is 20.3 Å². The minimum absolute atomic E-state index is 0.642. The van der Waals surface area contributed by atoms with Crippen LogP contribution >= 0.6 is 0 Å². The third kappa shape index (κ3) is 6.15. The number of rotatable bonds is 10. The summed E-state index contributed by atoms with van der Waals surface area (Å²) >= 11 is 0. The normalized spacial score (nSPS) is 10.6. The molecule has 0 aliphatic rings. The minimum Gasteiger partial charge on any atom is -0.493 e. The lowest BCUT2D eigenvalue weighted by Crippen LogP contribution is -2.83. The number of hydrogen-bond donors (Lipinski definition) is 1. The standard InChI is InChI=1S/C24H27NO2/c1-26-24-18-22(19-25-16-14-20-8-4-2-5-9-20)12-13-23(24)27-17-15-21-10-6-3-7-11-21/h2-13,18,25H,14-17,19H2,1H3/p+1. The molecule has 3 heteroatoms. The summed E-state index contributed by atoms with van der Waals surface area (Å²) in [4.78, 5) is 0. The summed E-state index contributed by atoms with van der Waals surface area (Å²) in [5.74, 6) is 1.61. The second kappa shape index (κ2) is 10.4. The van der Waals surface area contributed by atoms with Gasteiger partial charge in [-0.3, -0.25) is 0 Å². The number of benzene rings is 3. The summed E-state index contributed by atoms with van der Waals surface area (Å²) in [7, 11) is 1.70. The van der Waals surface area contributed by atoms with Gasteiger partial charge in [-0.2, -0.15) is 0 Å². The lowest BCUT2D eigenvalue weighted by molar-refractivity contribution is -0.670. The molecule has 0 saturated heterocycles. The second-order valence-electron chi connectivity index (χ2n) is 6.59. The molecule has 0 aromatic heterocycles. The van der Waals surface area contributed by atoms with Gasteiger partial charge in [0.25, 0.3) is 0 Å². The molecular weight excluding hydrogens is 334 g/mol. The van der Waals surface area contributed by atoms with E-state index in [2.05, 4.69) is 72.0 Å². The molecule has 0 heterocycles. The zero-order valence-corrected chi connectivity index (χ0v) is 15.9. The van der Waals surface area contributed by atoms with Gasteiger partial charge in [0.1, 0.15) is 6.54 Å². The number of nitrogens with two attached hydrogens (primary N) is 1. The highest BCUT2D eigenvalue weighted by Crippen LogP contribution is 2.28. The summed E-state index contributed by atoms with van der Waals surface area (Å²) in [6.07, 6.45) is 1.97. The molecule has 0 atom stereocenters. The lowest BCUT2D eigenvalue weighted by atomic mass is 10.1. The van der Waals surface area contributed by atoms with Crippen LogP contribution in [0.4, 0.5) is 0 Å². The van der Waals surface area contributed by atoms with E-state index in [1.54, 1.807) is 7.11 Å². The maximum Gasteiger partial charge on any atom is 0.161 e. The molecule has 0 aliphatic heterocycles. The molecular formula is C24H28NO2+. The van der Waals surface area contributed by atoms with E-state index in [1.165, 1.54) is 16.7 Å². The first-order valence-corrected chi connectivity index (χ1v) is 9.54. The predicted molar refractivity (Wildman–Crippen MR) is 109 cm³/mol. The minimum atomic E-state index is 0.642. The van der Waals surface area contributed by atoms with E-state index >= 15 is 0 Å². The van der Waals surface area contributed by atoms with Crippen molar-refractivity contribution >= 4 is 0 Å². The average Bonchev–Trinajstić information content (AvgIpc) is 2.73. The van der Waals surface area contributed by atoms with Gasteiger partial charge in [-0.05, 0) is 29.3 Å². The van der Waals surface area contributed by atoms with Gasteiger partial charge in [-0.1, -0.05) is 60.7 Å². The summed E-state index contributed by atoms with van der Waals surface area (Å²) in [6, 6.07) is 27.2. The number of ether oxygens (including phenoxy) is 2. The Balaban J connectivity index is 1.46. The topological polar surface area (TPSA) is 35.1 Å². The van der Waals surface area contributed by atoms with E-state index in [0.717, 1.165) is 37.4 Å². The highest BCUT2D eigenvalue weighted by molar-refractivity contribution is 5.42. The molecule has 27 heavy (non-hydrogen) atoms. The van der Waals surface area contributed by atoms with E-state index in [1.807, 2.05) is 12.1 Å². The molecule has 3 aromatic carbocycles. The fourth-order valence-electron chi connectivity index (χ4n) is 3.06. The van der Waals surface area contributed by atoms with Gasteiger partial charge < -0.3 is 14.8 Å². The van der Waals surface area contributed by atoms with Gasteiger partial charge in [-0.15, -0.1) is 0 Å². The molecule has 3 aromatic rings. The molecule has 0 radical (unpaired) electrons. The Kier molecular flexibility index (Phi) is 7.31. The van der Waals surface area contributed by atoms with Crippen molar-refractivity contribution < 1.29 is 14.8 Å². The zero-order chi connectivity index (χ0) is 18.7. The number of methoxy groups -OCH3 is 1. The van der Waals surface area contributed by atoms with Crippen LogP contribution in [0.5, 0.6) is 11.5 Å². The van der Waals surface area contributed by atoms with Crippen LogP contribution in [0, 0.1) is 0 Å². The van der Waals surface area contributed by atoms with Crippen molar-refractivity contribution in [3.8, 4) is 11.5 Å². The first-order chi connectivity index (χ1) is 13.3. The fraction of sp³-hybridized carbons (Fsp3) is 0.250. The highest BCUT2D eigenvalue weighted by atomic mass is 16.5. The predicted octanol–water partition coefficient (Wildman–Crippen LogP) is 3.62. The molecule has 0 amide bonds. The van der Waals surface area contributed by atoms with Crippen molar-refractivity contribution in [3.63, 3.8) is 0 Å². The number of quaternary nitrogens is 1. The summed E-state index contributed by atoms with van der Waals surface area (Å²) in [5, 5.41) is 2.33. The molecule has 3 nitrogen and oxygen atoms in total. The molecule has 140 valence electrons. The summed E-state index contributed by atoms with van der Waals surface area (Å²) in [5.41, 5.74) is 3.91. The van der Waals surface area contributed by atoms with Crippen molar-refractivity contribution in [2.75, 3.05) is 20.3 Å². The smallest absolute Gasteiger partial charge is 0.161 e. The third-order valence-electron chi connectivity index (χ3n) is 4.58. The average molecular weight is 362 g/mol. The van der Waals surface area contributed by atoms with Crippen molar-refractivity contribution in [1.82, 2.24) is 0 Å². The molecule has 0 fully saturated rings. The van der Waals surface area contributed by atoms with Gasteiger partial charge in [0, 0.05) is 18.4 Å². The molecule has 3 rings (SSSR count). The van der Waals surface area contributed by atoms with Crippen molar-refractivity contribution in [2.45, 2.75) is 19.4 Å². The van der Waals surface area contributed by atoms with Gasteiger partial charge in [0.15, 0.2) is 11.5 Å². The van der Waals surface area contributed by atoms with Crippen LogP contribution in [0.2, 0.25) is 0 Å². The quantitative estimate of drug-likeness (QED) is 0.559. The van der Waals surface area contributed by atoms with E-state index in [4.69, 9.17) is 9.47 Å². The Bertz CT molecular complexity index is 803. The molecule has 0 aliphatic carbocycles. The third-order valence-corrected chi connectivity index (χ3v) is 4.58. The largest absolute Gasteiger partial charge is 0.493 e. The Morgan fingerprint density at radius 3 is 2.04 bits per heavy atom. The van der Waals surface area contributed by atoms with Crippen LogP contribution in [-0.4, -0.2) is 20.3 Å². The van der Waals surface area contributed by atoms with Crippen LogP contribution in [-0.2, 0) is 19.4 Å². The van der Waals surface area contributed by atoms with E-state index in [9.17, 15) is 0 Å². The SMILES string of the molecule is COc1cc(C[NH2+]CCc2ccccc2)ccc1OCCc1ccccc1.